The van der Waals surface area contributed by atoms with Gasteiger partial charge in [0.25, 0.3) is 0 Å². The molecule has 0 spiro atoms. The molecular formula is C17H17ClN2O3S. The van der Waals surface area contributed by atoms with Crippen LogP contribution < -0.4 is 0 Å². The molecule has 7 heteroatoms. The van der Waals surface area contributed by atoms with E-state index in [0.29, 0.717) is 29.4 Å². The molecule has 0 aromatic heterocycles. The van der Waals surface area contributed by atoms with E-state index < -0.39 is 10.0 Å². The van der Waals surface area contributed by atoms with Crippen LogP contribution in [-0.2, 0) is 10.0 Å². The number of hydrogen-bond acceptors (Lipinski definition) is 4. The maximum absolute atomic E-state index is 12.4. The van der Waals surface area contributed by atoms with Crippen molar-refractivity contribution < 1.29 is 13.5 Å². The van der Waals surface area contributed by atoms with Crippen molar-refractivity contribution in [3.63, 3.8) is 0 Å². The molecule has 0 bridgehead atoms. The van der Waals surface area contributed by atoms with Gasteiger partial charge in [-0.05, 0) is 55.3 Å². The third kappa shape index (κ3) is 3.61. The zero-order valence-electron chi connectivity index (χ0n) is 12.9. The Labute approximate surface area is 146 Å². The maximum atomic E-state index is 12.4. The summed E-state index contributed by atoms with van der Waals surface area (Å²) >= 11 is 5.89. The quantitative estimate of drug-likeness (QED) is 0.843. The summed E-state index contributed by atoms with van der Waals surface area (Å²) < 4.78 is 26.4. The minimum atomic E-state index is -3.41. The van der Waals surface area contributed by atoms with Gasteiger partial charge in [0, 0.05) is 29.9 Å². The van der Waals surface area contributed by atoms with Crippen LogP contribution in [0.4, 0.5) is 5.69 Å². The van der Waals surface area contributed by atoms with E-state index >= 15 is 0 Å². The van der Waals surface area contributed by atoms with Crippen LogP contribution in [-0.4, -0.2) is 37.1 Å². The van der Waals surface area contributed by atoms with Gasteiger partial charge in [-0.15, -0.1) is 0 Å². The van der Waals surface area contributed by atoms with Crippen molar-refractivity contribution in [2.24, 2.45) is 4.99 Å². The van der Waals surface area contributed by atoms with Crippen molar-refractivity contribution in [2.75, 3.05) is 13.1 Å². The highest BCUT2D eigenvalue weighted by Gasteiger charge is 2.26. The van der Waals surface area contributed by atoms with Gasteiger partial charge < -0.3 is 5.11 Å². The van der Waals surface area contributed by atoms with Gasteiger partial charge in [-0.3, -0.25) is 4.99 Å². The van der Waals surface area contributed by atoms with Gasteiger partial charge in [0.05, 0.1) is 10.6 Å². The van der Waals surface area contributed by atoms with Crippen molar-refractivity contribution in [1.82, 2.24) is 4.31 Å². The van der Waals surface area contributed by atoms with E-state index in [9.17, 15) is 13.5 Å². The summed E-state index contributed by atoms with van der Waals surface area (Å²) in [7, 11) is -3.41. The lowest BCUT2D eigenvalue weighted by atomic mass is 10.2. The number of hydrogen-bond donors (Lipinski definition) is 1. The van der Waals surface area contributed by atoms with E-state index in [4.69, 9.17) is 11.6 Å². The molecule has 0 atom stereocenters. The lowest BCUT2D eigenvalue weighted by Crippen LogP contribution is -2.27. The fourth-order valence-corrected chi connectivity index (χ4v) is 4.25. The topological polar surface area (TPSA) is 70.0 Å². The number of aromatic hydroxyl groups is 1. The highest BCUT2D eigenvalue weighted by atomic mass is 35.5. The average Bonchev–Trinajstić information content (AvgIpc) is 3.11. The Hall–Kier alpha value is -1.89. The summed E-state index contributed by atoms with van der Waals surface area (Å²) in [6.45, 7) is 1.16. The van der Waals surface area contributed by atoms with E-state index in [2.05, 4.69) is 4.99 Å². The Morgan fingerprint density at radius 2 is 1.75 bits per heavy atom. The monoisotopic (exact) mass is 364 g/mol. The number of nitrogens with zero attached hydrogens (tertiary/aromatic N) is 2. The van der Waals surface area contributed by atoms with E-state index in [1.165, 1.54) is 16.6 Å². The van der Waals surface area contributed by atoms with Crippen LogP contribution in [0.5, 0.6) is 5.75 Å². The molecule has 0 aliphatic carbocycles. The molecule has 0 amide bonds. The van der Waals surface area contributed by atoms with E-state index in [1.807, 2.05) is 0 Å². The Bertz CT molecular complexity index is 858. The van der Waals surface area contributed by atoms with Crippen LogP contribution in [0.15, 0.2) is 52.4 Å². The van der Waals surface area contributed by atoms with Gasteiger partial charge in [0.15, 0.2) is 0 Å². The molecule has 0 saturated carbocycles. The van der Waals surface area contributed by atoms with Gasteiger partial charge in [0.1, 0.15) is 5.75 Å². The second kappa shape index (κ2) is 6.93. The first kappa shape index (κ1) is 17.0. The Balaban J connectivity index is 1.79. The van der Waals surface area contributed by atoms with Crippen LogP contribution in [0.25, 0.3) is 0 Å². The Morgan fingerprint density at radius 3 is 2.42 bits per heavy atom. The molecule has 1 N–H and O–H groups in total. The molecule has 1 aliphatic rings. The number of halogens is 1. The van der Waals surface area contributed by atoms with Gasteiger partial charge >= 0.3 is 0 Å². The number of rotatable bonds is 4. The molecule has 2 aromatic carbocycles. The first-order chi connectivity index (χ1) is 11.5. The number of phenolic OH excluding ortho intramolecular Hbond substituents is 1. The number of benzene rings is 2. The van der Waals surface area contributed by atoms with E-state index in [0.717, 1.165) is 12.8 Å². The Morgan fingerprint density at radius 1 is 1.08 bits per heavy atom. The van der Waals surface area contributed by atoms with Crippen LogP contribution in [0.3, 0.4) is 0 Å². The summed E-state index contributed by atoms with van der Waals surface area (Å²) in [6, 6.07) is 11.1. The minimum Gasteiger partial charge on any atom is -0.507 e. The lowest BCUT2D eigenvalue weighted by Gasteiger charge is -2.15. The first-order valence-corrected chi connectivity index (χ1v) is 9.41. The number of aliphatic imine (C=N–C) groups is 1. The molecule has 24 heavy (non-hydrogen) atoms. The summed E-state index contributed by atoms with van der Waals surface area (Å²) in [5, 5.41) is 10.3. The third-order valence-corrected chi connectivity index (χ3v) is 6.03. The minimum absolute atomic E-state index is 0.0800. The van der Waals surface area contributed by atoms with E-state index in [-0.39, 0.29) is 10.6 Å². The summed E-state index contributed by atoms with van der Waals surface area (Å²) in [5.74, 6) is 0.0800. The van der Waals surface area contributed by atoms with Crippen LogP contribution >= 0.6 is 11.6 Å². The average molecular weight is 365 g/mol. The molecule has 2 aromatic rings. The van der Waals surface area contributed by atoms with Crippen molar-refractivity contribution in [2.45, 2.75) is 17.7 Å². The number of sulfonamides is 1. The molecule has 126 valence electrons. The summed E-state index contributed by atoms with van der Waals surface area (Å²) in [4.78, 5) is 4.52. The highest BCUT2D eigenvalue weighted by molar-refractivity contribution is 7.89. The fraction of sp³-hybridized carbons (Fsp3) is 0.235. The fourth-order valence-electron chi connectivity index (χ4n) is 2.55. The molecule has 0 unspecified atom stereocenters. The van der Waals surface area contributed by atoms with Crippen LogP contribution in [0.2, 0.25) is 5.02 Å². The maximum Gasteiger partial charge on any atom is 0.243 e. The number of phenols is 1. The molecule has 1 saturated heterocycles. The standard InChI is InChI=1S/C17H17ClN2O3S/c18-14-3-8-17(21)13(11-14)12-19-15-4-6-16(7-5-15)24(22,23)20-9-1-2-10-20/h3-8,11-12,21H,1-2,9-10H2. The first-order valence-electron chi connectivity index (χ1n) is 7.59. The SMILES string of the molecule is O=S(=O)(c1ccc(N=Cc2cc(Cl)ccc2O)cc1)N1CCCC1. The van der Waals surface area contributed by atoms with Crippen molar-refractivity contribution in [3.8, 4) is 5.75 Å². The lowest BCUT2D eigenvalue weighted by molar-refractivity contribution is 0.474. The van der Waals surface area contributed by atoms with E-state index in [1.54, 1.807) is 36.4 Å². The van der Waals surface area contributed by atoms with Crippen LogP contribution in [0.1, 0.15) is 18.4 Å². The second-order valence-electron chi connectivity index (χ2n) is 5.57. The smallest absolute Gasteiger partial charge is 0.243 e. The third-order valence-electron chi connectivity index (χ3n) is 3.88. The molecule has 1 fully saturated rings. The van der Waals surface area contributed by atoms with Gasteiger partial charge in [0.2, 0.25) is 10.0 Å². The molecule has 3 rings (SSSR count). The zero-order chi connectivity index (χ0) is 17.2. The second-order valence-corrected chi connectivity index (χ2v) is 7.94. The molecule has 1 aliphatic heterocycles. The zero-order valence-corrected chi connectivity index (χ0v) is 14.5. The largest absolute Gasteiger partial charge is 0.507 e. The summed E-state index contributed by atoms with van der Waals surface area (Å²) in [6.07, 6.45) is 3.31. The van der Waals surface area contributed by atoms with Crippen molar-refractivity contribution in [1.29, 1.82) is 0 Å². The van der Waals surface area contributed by atoms with Crippen LogP contribution in [0, 0.1) is 0 Å². The predicted molar refractivity (Wildman–Crippen MR) is 94.8 cm³/mol. The highest BCUT2D eigenvalue weighted by Crippen LogP contribution is 2.24. The normalized spacial score (nSPS) is 16.0. The van der Waals surface area contributed by atoms with Gasteiger partial charge in [-0.2, -0.15) is 4.31 Å². The van der Waals surface area contributed by atoms with Crippen molar-refractivity contribution >= 4 is 33.5 Å². The molecular weight excluding hydrogens is 348 g/mol. The summed E-state index contributed by atoms with van der Waals surface area (Å²) in [5.41, 5.74) is 1.09. The molecule has 5 nitrogen and oxygen atoms in total. The Kier molecular flexibility index (Phi) is 4.89. The molecule has 1 heterocycles. The molecule has 0 radical (unpaired) electrons. The van der Waals surface area contributed by atoms with Gasteiger partial charge in [-0.1, -0.05) is 11.6 Å². The van der Waals surface area contributed by atoms with Crippen molar-refractivity contribution in [3.05, 3.63) is 53.1 Å². The predicted octanol–water partition coefficient (Wildman–Crippen LogP) is 3.58. The van der Waals surface area contributed by atoms with Gasteiger partial charge in [-0.25, -0.2) is 8.42 Å².